The van der Waals surface area contributed by atoms with Gasteiger partial charge in [0.15, 0.2) is 0 Å². The van der Waals surface area contributed by atoms with Crippen LogP contribution in [0, 0.1) is 11.8 Å². The predicted molar refractivity (Wildman–Crippen MR) is 68.2 cm³/mol. The van der Waals surface area contributed by atoms with Crippen molar-refractivity contribution in [2.45, 2.75) is 57.8 Å². The summed E-state index contributed by atoms with van der Waals surface area (Å²) in [6.45, 7) is 1.04. The minimum Gasteiger partial charge on any atom is -0.481 e. The zero-order valence-corrected chi connectivity index (χ0v) is 11.0. The smallest absolute Gasteiger partial charge is 0.306 e. The molecule has 1 aliphatic rings. The molecular weight excluding hydrogens is 232 g/mol. The van der Waals surface area contributed by atoms with Crippen LogP contribution >= 0.6 is 0 Å². The molecule has 0 spiro atoms. The molecule has 4 nitrogen and oxygen atoms in total. The predicted octanol–water partition coefficient (Wildman–Crippen LogP) is 3.00. The Morgan fingerprint density at radius 3 is 2.39 bits per heavy atom. The molecule has 1 saturated carbocycles. The van der Waals surface area contributed by atoms with E-state index in [1.54, 1.807) is 0 Å². The number of aliphatic carboxylic acids is 1. The Morgan fingerprint density at radius 2 is 1.78 bits per heavy atom. The normalized spacial score (nSPS) is 23.6. The Hall–Kier alpha value is -1.06. The highest BCUT2D eigenvalue weighted by Gasteiger charge is 2.25. The van der Waals surface area contributed by atoms with Crippen molar-refractivity contribution in [3.8, 4) is 0 Å². The van der Waals surface area contributed by atoms with E-state index in [9.17, 15) is 9.59 Å². The molecule has 0 heterocycles. The Morgan fingerprint density at radius 1 is 1.11 bits per heavy atom. The molecule has 104 valence electrons. The van der Waals surface area contributed by atoms with E-state index in [0.717, 1.165) is 44.4 Å². The summed E-state index contributed by atoms with van der Waals surface area (Å²) >= 11 is 0. The number of hydrogen-bond donors (Lipinski definition) is 1. The number of ether oxygens (including phenoxy) is 1. The van der Waals surface area contributed by atoms with Crippen molar-refractivity contribution in [2.24, 2.45) is 11.8 Å². The molecule has 0 aromatic rings. The van der Waals surface area contributed by atoms with Gasteiger partial charge in [-0.25, -0.2) is 0 Å². The summed E-state index contributed by atoms with van der Waals surface area (Å²) < 4.78 is 4.63. The molecule has 0 unspecified atom stereocenters. The third kappa shape index (κ3) is 6.03. The van der Waals surface area contributed by atoms with Crippen LogP contribution in [0.25, 0.3) is 0 Å². The first-order valence-corrected chi connectivity index (χ1v) is 7.02. The Labute approximate surface area is 109 Å². The van der Waals surface area contributed by atoms with Crippen LogP contribution in [0.1, 0.15) is 57.8 Å². The molecule has 0 bridgehead atoms. The van der Waals surface area contributed by atoms with Crippen molar-refractivity contribution in [1.29, 1.82) is 0 Å². The molecule has 18 heavy (non-hydrogen) atoms. The number of carbonyl (C=O) groups is 2. The average Bonchev–Trinajstić information content (AvgIpc) is 2.38. The lowest BCUT2D eigenvalue weighted by atomic mass is 9.80. The van der Waals surface area contributed by atoms with E-state index in [4.69, 9.17) is 5.11 Å². The molecule has 0 aromatic carbocycles. The maximum absolute atomic E-state index is 10.8. The van der Waals surface area contributed by atoms with Crippen molar-refractivity contribution in [1.82, 2.24) is 0 Å². The molecule has 1 aliphatic carbocycles. The number of hydrogen-bond acceptors (Lipinski definition) is 3. The Kier molecular flexibility index (Phi) is 7.46. The molecule has 0 saturated heterocycles. The van der Waals surface area contributed by atoms with Gasteiger partial charge in [0.1, 0.15) is 0 Å². The number of rotatable bonds is 9. The first kappa shape index (κ1) is 15.0. The topological polar surface area (TPSA) is 63.6 Å². The number of carboxylic acid groups (broad SMARTS) is 1. The van der Waals surface area contributed by atoms with Gasteiger partial charge in [-0.2, -0.15) is 0 Å². The molecule has 1 rings (SSSR count). The van der Waals surface area contributed by atoms with Crippen molar-refractivity contribution < 1.29 is 19.4 Å². The van der Waals surface area contributed by atoms with E-state index in [1.165, 1.54) is 19.3 Å². The lowest BCUT2D eigenvalue weighted by molar-refractivity contribution is -0.143. The number of carboxylic acids is 1. The third-order valence-corrected chi connectivity index (χ3v) is 3.89. The van der Waals surface area contributed by atoms with Gasteiger partial charge in [0.25, 0.3) is 6.47 Å². The van der Waals surface area contributed by atoms with Crippen LogP contribution in [0.4, 0.5) is 0 Å². The van der Waals surface area contributed by atoms with Crippen LogP contribution in [0.15, 0.2) is 0 Å². The van der Waals surface area contributed by atoms with Crippen molar-refractivity contribution in [2.75, 3.05) is 6.61 Å². The fraction of sp³-hybridized carbons (Fsp3) is 0.857. The second kappa shape index (κ2) is 8.95. The van der Waals surface area contributed by atoms with Gasteiger partial charge in [0, 0.05) is 0 Å². The molecule has 0 radical (unpaired) electrons. The van der Waals surface area contributed by atoms with Crippen LogP contribution in [-0.2, 0) is 14.3 Å². The summed E-state index contributed by atoms with van der Waals surface area (Å²) in [5.41, 5.74) is 0. The zero-order valence-electron chi connectivity index (χ0n) is 11.0. The highest BCUT2D eigenvalue weighted by molar-refractivity contribution is 5.69. The largest absolute Gasteiger partial charge is 0.481 e. The van der Waals surface area contributed by atoms with Gasteiger partial charge in [-0.15, -0.1) is 0 Å². The standard InChI is InChI=1S/C14H24O4/c15-11-18-10-4-2-1-3-5-12-6-8-13(9-7-12)14(16)17/h11-13H,1-10H2,(H,16,17). The Balaban J connectivity index is 1.94. The van der Waals surface area contributed by atoms with Crippen molar-refractivity contribution in [3.05, 3.63) is 0 Å². The summed E-state index contributed by atoms with van der Waals surface area (Å²) in [7, 11) is 0. The fourth-order valence-corrected chi connectivity index (χ4v) is 2.72. The summed E-state index contributed by atoms with van der Waals surface area (Å²) in [5.74, 6) is 0.0113. The van der Waals surface area contributed by atoms with E-state index in [2.05, 4.69) is 4.74 Å². The van der Waals surface area contributed by atoms with Gasteiger partial charge in [-0.3, -0.25) is 9.59 Å². The van der Waals surface area contributed by atoms with Crippen molar-refractivity contribution >= 4 is 12.4 Å². The van der Waals surface area contributed by atoms with E-state index >= 15 is 0 Å². The lowest BCUT2D eigenvalue weighted by Gasteiger charge is -2.25. The highest BCUT2D eigenvalue weighted by atomic mass is 16.5. The summed E-state index contributed by atoms with van der Waals surface area (Å²) in [6, 6.07) is 0. The van der Waals surface area contributed by atoms with Gasteiger partial charge >= 0.3 is 5.97 Å². The average molecular weight is 256 g/mol. The number of unbranched alkanes of at least 4 members (excludes halogenated alkanes) is 3. The van der Waals surface area contributed by atoms with Crippen LogP contribution in [0.3, 0.4) is 0 Å². The highest BCUT2D eigenvalue weighted by Crippen LogP contribution is 2.32. The van der Waals surface area contributed by atoms with E-state index in [0.29, 0.717) is 13.1 Å². The van der Waals surface area contributed by atoms with E-state index in [-0.39, 0.29) is 5.92 Å². The zero-order chi connectivity index (χ0) is 13.2. The quantitative estimate of drug-likeness (QED) is 0.509. The van der Waals surface area contributed by atoms with Gasteiger partial charge in [-0.05, 0) is 38.0 Å². The SMILES string of the molecule is O=COCCCCCCC1CCC(C(=O)O)CC1. The molecule has 0 aromatic heterocycles. The molecule has 0 atom stereocenters. The second-order valence-electron chi connectivity index (χ2n) is 5.23. The van der Waals surface area contributed by atoms with Crippen LogP contribution < -0.4 is 0 Å². The van der Waals surface area contributed by atoms with Gasteiger partial charge < -0.3 is 9.84 Å². The van der Waals surface area contributed by atoms with Gasteiger partial charge in [0.2, 0.25) is 0 Å². The maximum Gasteiger partial charge on any atom is 0.306 e. The molecule has 0 amide bonds. The van der Waals surface area contributed by atoms with Crippen LogP contribution in [0.2, 0.25) is 0 Å². The first-order chi connectivity index (χ1) is 8.74. The molecular formula is C14H24O4. The summed E-state index contributed by atoms with van der Waals surface area (Å²) in [5, 5.41) is 8.90. The third-order valence-electron chi connectivity index (χ3n) is 3.89. The molecule has 4 heteroatoms. The van der Waals surface area contributed by atoms with Crippen LogP contribution in [0.5, 0.6) is 0 Å². The van der Waals surface area contributed by atoms with E-state index in [1.807, 2.05) is 0 Å². The lowest BCUT2D eigenvalue weighted by Crippen LogP contribution is -2.21. The van der Waals surface area contributed by atoms with Crippen molar-refractivity contribution in [3.63, 3.8) is 0 Å². The summed E-state index contributed by atoms with van der Waals surface area (Å²) in [6.07, 6.45) is 9.53. The van der Waals surface area contributed by atoms with Crippen LogP contribution in [-0.4, -0.2) is 24.2 Å². The Bertz CT molecular complexity index is 244. The summed E-state index contributed by atoms with van der Waals surface area (Å²) in [4.78, 5) is 20.7. The molecule has 1 fully saturated rings. The molecule has 0 aliphatic heterocycles. The maximum atomic E-state index is 10.8. The fourth-order valence-electron chi connectivity index (χ4n) is 2.72. The first-order valence-electron chi connectivity index (χ1n) is 7.02. The second-order valence-corrected chi connectivity index (χ2v) is 5.23. The van der Waals surface area contributed by atoms with Gasteiger partial charge in [0.05, 0.1) is 12.5 Å². The minimum absolute atomic E-state index is 0.0956. The van der Waals surface area contributed by atoms with Gasteiger partial charge in [-0.1, -0.05) is 25.7 Å². The van der Waals surface area contributed by atoms with E-state index < -0.39 is 5.97 Å². The number of carbonyl (C=O) groups excluding carboxylic acids is 1. The minimum atomic E-state index is -0.622. The monoisotopic (exact) mass is 256 g/mol. The molecule has 1 N–H and O–H groups in total.